The van der Waals surface area contributed by atoms with E-state index in [1.807, 2.05) is 19.1 Å². The van der Waals surface area contributed by atoms with Crippen LogP contribution in [0.4, 0.5) is 5.69 Å². The van der Waals surface area contributed by atoms with Gasteiger partial charge in [0.2, 0.25) is 5.91 Å². The summed E-state index contributed by atoms with van der Waals surface area (Å²) in [5.74, 6) is -0.00699. The molecule has 0 aliphatic rings. The van der Waals surface area contributed by atoms with Crippen LogP contribution >= 0.6 is 15.9 Å². The summed E-state index contributed by atoms with van der Waals surface area (Å²) in [5, 5.41) is 3.31. The standard InChI is InChI=1S/C14H20BrNO/c1-5-14(3,4)11-8-6-7-10(2)13(11)16-12(17)9-15/h6-8H,5,9H2,1-4H3,(H,16,17). The van der Waals surface area contributed by atoms with Crippen molar-refractivity contribution in [2.24, 2.45) is 0 Å². The van der Waals surface area contributed by atoms with Crippen molar-refractivity contribution < 1.29 is 4.79 Å². The van der Waals surface area contributed by atoms with Crippen LogP contribution in [0.1, 0.15) is 38.3 Å². The lowest BCUT2D eigenvalue weighted by Crippen LogP contribution is -2.22. The number of rotatable bonds is 4. The molecule has 2 nitrogen and oxygen atoms in total. The Labute approximate surface area is 112 Å². The van der Waals surface area contributed by atoms with E-state index in [1.54, 1.807) is 0 Å². The molecule has 1 amide bonds. The molecule has 0 aliphatic heterocycles. The van der Waals surface area contributed by atoms with Gasteiger partial charge in [-0.05, 0) is 29.9 Å². The summed E-state index contributed by atoms with van der Waals surface area (Å²) in [6.45, 7) is 8.59. The summed E-state index contributed by atoms with van der Waals surface area (Å²) in [5.41, 5.74) is 3.34. The van der Waals surface area contributed by atoms with Crippen LogP contribution in [0.15, 0.2) is 18.2 Å². The van der Waals surface area contributed by atoms with E-state index in [1.165, 1.54) is 5.56 Å². The first-order chi connectivity index (χ1) is 7.92. The molecule has 0 saturated carbocycles. The van der Waals surface area contributed by atoms with Crippen molar-refractivity contribution in [1.29, 1.82) is 0 Å². The smallest absolute Gasteiger partial charge is 0.235 e. The average molecular weight is 298 g/mol. The maximum Gasteiger partial charge on any atom is 0.235 e. The number of amides is 1. The van der Waals surface area contributed by atoms with E-state index in [0.717, 1.165) is 17.7 Å². The molecule has 17 heavy (non-hydrogen) atoms. The number of aryl methyl sites for hydroxylation is 1. The normalized spacial score (nSPS) is 11.4. The van der Waals surface area contributed by atoms with Crippen molar-refractivity contribution >= 4 is 27.5 Å². The minimum atomic E-state index is -0.00699. The fourth-order valence-corrected chi connectivity index (χ4v) is 1.90. The summed E-state index contributed by atoms with van der Waals surface area (Å²) in [6, 6.07) is 6.17. The van der Waals surface area contributed by atoms with E-state index in [9.17, 15) is 4.79 Å². The molecule has 1 rings (SSSR count). The molecule has 0 heterocycles. The Morgan fingerprint density at radius 1 is 1.41 bits per heavy atom. The molecular weight excluding hydrogens is 278 g/mol. The number of hydrogen-bond acceptors (Lipinski definition) is 1. The highest BCUT2D eigenvalue weighted by atomic mass is 79.9. The first-order valence-electron chi connectivity index (χ1n) is 5.88. The fraction of sp³-hybridized carbons (Fsp3) is 0.500. The van der Waals surface area contributed by atoms with Crippen LogP contribution in [0.25, 0.3) is 0 Å². The Kier molecular flexibility index (Phi) is 4.75. The predicted molar refractivity (Wildman–Crippen MR) is 76.9 cm³/mol. The molecule has 0 fully saturated rings. The Bertz CT molecular complexity index is 413. The molecular formula is C14H20BrNO. The maximum atomic E-state index is 11.5. The number of alkyl halides is 1. The van der Waals surface area contributed by atoms with E-state index in [-0.39, 0.29) is 11.3 Å². The highest BCUT2D eigenvalue weighted by molar-refractivity contribution is 9.09. The SMILES string of the molecule is CCC(C)(C)c1cccc(C)c1NC(=O)CBr. The minimum absolute atomic E-state index is 0.00699. The highest BCUT2D eigenvalue weighted by Crippen LogP contribution is 2.34. The van der Waals surface area contributed by atoms with Gasteiger partial charge in [-0.3, -0.25) is 4.79 Å². The van der Waals surface area contributed by atoms with Gasteiger partial charge in [0.1, 0.15) is 0 Å². The number of carbonyl (C=O) groups excluding carboxylic acids is 1. The van der Waals surface area contributed by atoms with Crippen molar-refractivity contribution in [3.8, 4) is 0 Å². The van der Waals surface area contributed by atoms with Gasteiger partial charge in [-0.2, -0.15) is 0 Å². The van der Waals surface area contributed by atoms with Crippen molar-refractivity contribution in [3.05, 3.63) is 29.3 Å². The first kappa shape index (κ1) is 14.2. The lowest BCUT2D eigenvalue weighted by atomic mass is 9.80. The zero-order valence-electron chi connectivity index (χ0n) is 10.9. The molecule has 0 aromatic heterocycles. The Hall–Kier alpha value is -0.830. The van der Waals surface area contributed by atoms with Crippen LogP contribution in [0.2, 0.25) is 0 Å². The Morgan fingerprint density at radius 3 is 2.59 bits per heavy atom. The third-order valence-electron chi connectivity index (χ3n) is 3.27. The molecule has 1 aromatic carbocycles. The van der Waals surface area contributed by atoms with Gasteiger partial charge in [-0.1, -0.05) is 54.9 Å². The van der Waals surface area contributed by atoms with E-state index < -0.39 is 0 Å². The zero-order chi connectivity index (χ0) is 13.1. The minimum Gasteiger partial charge on any atom is -0.325 e. The maximum absolute atomic E-state index is 11.5. The summed E-state index contributed by atoms with van der Waals surface area (Å²) in [7, 11) is 0. The Morgan fingerprint density at radius 2 is 2.06 bits per heavy atom. The van der Waals surface area contributed by atoms with Crippen molar-refractivity contribution in [1.82, 2.24) is 0 Å². The van der Waals surface area contributed by atoms with Gasteiger partial charge in [0.15, 0.2) is 0 Å². The summed E-state index contributed by atoms with van der Waals surface area (Å²) in [6.07, 6.45) is 1.04. The summed E-state index contributed by atoms with van der Waals surface area (Å²) >= 11 is 3.18. The van der Waals surface area contributed by atoms with Crippen LogP contribution in [0, 0.1) is 6.92 Å². The van der Waals surface area contributed by atoms with Crippen LogP contribution in [0.5, 0.6) is 0 Å². The van der Waals surface area contributed by atoms with Crippen molar-refractivity contribution in [3.63, 3.8) is 0 Å². The molecule has 0 atom stereocenters. The third-order valence-corrected chi connectivity index (χ3v) is 3.78. The lowest BCUT2D eigenvalue weighted by Gasteiger charge is -2.27. The molecule has 0 aliphatic carbocycles. The van der Waals surface area contributed by atoms with Gasteiger partial charge in [0, 0.05) is 5.69 Å². The number of nitrogens with one attached hydrogen (secondary N) is 1. The van der Waals surface area contributed by atoms with Crippen LogP contribution in [0.3, 0.4) is 0 Å². The molecule has 94 valence electrons. The molecule has 0 radical (unpaired) electrons. The molecule has 3 heteroatoms. The van der Waals surface area contributed by atoms with E-state index in [4.69, 9.17) is 0 Å². The van der Waals surface area contributed by atoms with Gasteiger partial charge < -0.3 is 5.32 Å². The predicted octanol–water partition coefficient (Wildman–Crippen LogP) is 4.02. The van der Waals surface area contributed by atoms with Crippen molar-refractivity contribution in [2.75, 3.05) is 10.6 Å². The molecule has 0 bridgehead atoms. The van der Waals surface area contributed by atoms with Crippen molar-refractivity contribution in [2.45, 2.75) is 39.5 Å². The van der Waals surface area contributed by atoms with E-state index in [0.29, 0.717) is 5.33 Å². The van der Waals surface area contributed by atoms with Gasteiger partial charge in [-0.15, -0.1) is 0 Å². The molecule has 0 unspecified atom stereocenters. The summed E-state index contributed by atoms with van der Waals surface area (Å²) < 4.78 is 0. The second kappa shape index (κ2) is 5.67. The third kappa shape index (κ3) is 3.32. The van der Waals surface area contributed by atoms with Gasteiger partial charge >= 0.3 is 0 Å². The van der Waals surface area contributed by atoms with E-state index >= 15 is 0 Å². The monoisotopic (exact) mass is 297 g/mol. The average Bonchev–Trinajstić information content (AvgIpc) is 2.31. The lowest BCUT2D eigenvalue weighted by molar-refractivity contribution is -0.113. The largest absolute Gasteiger partial charge is 0.325 e. The number of carbonyl (C=O) groups is 1. The molecule has 0 spiro atoms. The van der Waals surface area contributed by atoms with Crippen LogP contribution < -0.4 is 5.32 Å². The second-order valence-corrected chi connectivity index (χ2v) is 5.48. The van der Waals surface area contributed by atoms with Gasteiger partial charge in [0.05, 0.1) is 5.33 Å². The molecule has 1 N–H and O–H groups in total. The van der Waals surface area contributed by atoms with Gasteiger partial charge in [0.25, 0.3) is 0 Å². The summed E-state index contributed by atoms with van der Waals surface area (Å²) in [4.78, 5) is 11.5. The molecule has 1 aromatic rings. The number of hydrogen-bond donors (Lipinski definition) is 1. The second-order valence-electron chi connectivity index (χ2n) is 4.92. The number of para-hydroxylation sites is 1. The number of anilines is 1. The van der Waals surface area contributed by atoms with Crippen LogP contribution in [-0.4, -0.2) is 11.2 Å². The highest BCUT2D eigenvalue weighted by Gasteiger charge is 2.23. The fourth-order valence-electron chi connectivity index (χ4n) is 1.76. The Balaban J connectivity index is 3.22. The quantitative estimate of drug-likeness (QED) is 0.836. The van der Waals surface area contributed by atoms with E-state index in [2.05, 4.69) is 48.1 Å². The molecule has 0 saturated heterocycles. The zero-order valence-corrected chi connectivity index (χ0v) is 12.5. The van der Waals surface area contributed by atoms with Crippen LogP contribution in [-0.2, 0) is 10.2 Å². The first-order valence-corrected chi connectivity index (χ1v) is 7.00. The number of halogens is 1. The van der Waals surface area contributed by atoms with Gasteiger partial charge in [-0.25, -0.2) is 0 Å². The number of benzene rings is 1. The topological polar surface area (TPSA) is 29.1 Å².